The molecule has 1 aliphatic rings. The van der Waals surface area contributed by atoms with E-state index in [9.17, 15) is 4.39 Å². The molecule has 0 N–H and O–H groups in total. The van der Waals surface area contributed by atoms with Crippen molar-refractivity contribution in [1.29, 1.82) is 0 Å². The first-order valence-corrected chi connectivity index (χ1v) is 7.49. The lowest BCUT2D eigenvalue weighted by Gasteiger charge is -2.21. The normalized spacial score (nSPS) is 26.2. The van der Waals surface area contributed by atoms with Gasteiger partial charge in [0, 0.05) is 27.4 Å². The zero-order valence-corrected chi connectivity index (χ0v) is 13.1. The van der Waals surface area contributed by atoms with Crippen molar-refractivity contribution in [3.63, 3.8) is 0 Å². The summed E-state index contributed by atoms with van der Waals surface area (Å²) in [5.41, 5.74) is 0.598. The van der Waals surface area contributed by atoms with Crippen LogP contribution in [0, 0.1) is 11.7 Å². The van der Waals surface area contributed by atoms with Crippen LogP contribution in [0.1, 0.15) is 23.7 Å². The fourth-order valence-corrected chi connectivity index (χ4v) is 3.65. The topological polar surface area (TPSA) is 9.23 Å². The van der Waals surface area contributed by atoms with E-state index in [2.05, 4.69) is 31.9 Å². The summed E-state index contributed by atoms with van der Waals surface area (Å²) >= 11 is 12.8. The van der Waals surface area contributed by atoms with Crippen molar-refractivity contribution in [2.75, 3.05) is 6.61 Å². The number of ether oxygens (including phenoxy) is 1. The fourth-order valence-electron chi connectivity index (χ4n) is 2.11. The second-order valence-corrected chi connectivity index (χ2v) is 6.47. The van der Waals surface area contributed by atoms with Gasteiger partial charge in [0.1, 0.15) is 5.82 Å². The van der Waals surface area contributed by atoms with Crippen LogP contribution in [0.15, 0.2) is 16.6 Å². The van der Waals surface area contributed by atoms with Gasteiger partial charge in [-0.1, -0.05) is 27.5 Å². The summed E-state index contributed by atoms with van der Waals surface area (Å²) in [5.74, 6) is 0.0315. The lowest BCUT2D eigenvalue weighted by Crippen LogP contribution is -2.17. The largest absolute Gasteiger partial charge is 0.378 e. The molecule has 0 saturated carbocycles. The molecule has 5 heteroatoms. The van der Waals surface area contributed by atoms with Crippen molar-refractivity contribution in [1.82, 2.24) is 0 Å². The predicted octanol–water partition coefficient (Wildman–Crippen LogP) is 5.10. The summed E-state index contributed by atoms with van der Waals surface area (Å²) in [6.07, 6.45) is 1.07. The average molecular weight is 386 g/mol. The Bertz CT molecular complexity index is 427. The SMILES string of the molecule is CC1OCCC1C(Br)c1cc(Cl)c(Br)cc1F. The van der Waals surface area contributed by atoms with Gasteiger partial charge < -0.3 is 4.74 Å². The summed E-state index contributed by atoms with van der Waals surface area (Å²) in [6.45, 7) is 2.75. The lowest BCUT2D eigenvalue weighted by molar-refractivity contribution is 0.105. The summed E-state index contributed by atoms with van der Waals surface area (Å²) in [4.78, 5) is -0.0643. The third-order valence-corrected chi connectivity index (χ3v) is 5.52. The predicted molar refractivity (Wildman–Crippen MR) is 74.3 cm³/mol. The Morgan fingerprint density at radius 2 is 2.24 bits per heavy atom. The van der Waals surface area contributed by atoms with E-state index in [4.69, 9.17) is 16.3 Å². The van der Waals surface area contributed by atoms with Gasteiger partial charge in [-0.2, -0.15) is 0 Å². The van der Waals surface area contributed by atoms with Gasteiger partial charge in [-0.15, -0.1) is 0 Å². The van der Waals surface area contributed by atoms with Crippen LogP contribution in [-0.2, 0) is 4.74 Å². The van der Waals surface area contributed by atoms with E-state index in [1.807, 2.05) is 6.92 Å². The minimum absolute atomic E-state index is 0.0643. The van der Waals surface area contributed by atoms with Gasteiger partial charge in [0.15, 0.2) is 0 Å². The van der Waals surface area contributed by atoms with Gasteiger partial charge in [-0.05, 0) is 41.4 Å². The Labute approximate surface area is 122 Å². The van der Waals surface area contributed by atoms with Gasteiger partial charge in [0.25, 0.3) is 0 Å². The Hall–Kier alpha value is 0.360. The van der Waals surface area contributed by atoms with Crippen LogP contribution in [0.25, 0.3) is 0 Å². The van der Waals surface area contributed by atoms with E-state index in [-0.39, 0.29) is 22.7 Å². The molecule has 1 fully saturated rings. The van der Waals surface area contributed by atoms with E-state index >= 15 is 0 Å². The van der Waals surface area contributed by atoms with E-state index < -0.39 is 0 Å². The van der Waals surface area contributed by atoms with Crippen molar-refractivity contribution in [3.8, 4) is 0 Å². The highest BCUT2D eigenvalue weighted by Gasteiger charge is 2.32. The lowest BCUT2D eigenvalue weighted by atomic mass is 9.93. The molecule has 0 radical (unpaired) electrons. The highest BCUT2D eigenvalue weighted by Crippen LogP contribution is 2.42. The average Bonchev–Trinajstić information content (AvgIpc) is 2.69. The van der Waals surface area contributed by atoms with Crippen LogP contribution in [0.5, 0.6) is 0 Å². The minimum Gasteiger partial charge on any atom is -0.378 e. The molecule has 1 heterocycles. The highest BCUT2D eigenvalue weighted by molar-refractivity contribution is 9.10. The fraction of sp³-hybridized carbons (Fsp3) is 0.500. The molecule has 1 aromatic rings. The number of halogens is 4. The Kier molecular flexibility index (Phi) is 4.50. The number of hydrogen-bond acceptors (Lipinski definition) is 1. The Balaban J connectivity index is 2.30. The highest BCUT2D eigenvalue weighted by atomic mass is 79.9. The van der Waals surface area contributed by atoms with Gasteiger partial charge in [-0.25, -0.2) is 4.39 Å². The summed E-state index contributed by atoms with van der Waals surface area (Å²) in [5, 5.41) is 0.525. The summed E-state index contributed by atoms with van der Waals surface area (Å²) < 4.78 is 20.0. The van der Waals surface area contributed by atoms with Crippen molar-refractivity contribution in [3.05, 3.63) is 33.0 Å². The van der Waals surface area contributed by atoms with Crippen molar-refractivity contribution in [2.45, 2.75) is 24.3 Å². The van der Waals surface area contributed by atoms with Crippen LogP contribution in [-0.4, -0.2) is 12.7 Å². The molecular formula is C12H12Br2ClFO. The van der Waals surface area contributed by atoms with Crippen LogP contribution in [0.2, 0.25) is 5.02 Å². The minimum atomic E-state index is -0.248. The van der Waals surface area contributed by atoms with E-state index in [0.29, 0.717) is 15.1 Å². The quantitative estimate of drug-likeness (QED) is 0.507. The molecular weight excluding hydrogens is 374 g/mol. The second kappa shape index (κ2) is 5.55. The van der Waals surface area contributed by atoms with Crippen LogP contribution >= 0.6 is 43.5 Å². The van der Waals surface area contributed by atoms with Crippen molar-refractivity contribution in [2.24, 2.45) is 5.92 Å². The smallest absolute Gasteiger partial charge is 0.128 e. The van der Waals surface area contributed by atoms with E-state index in [0.717, 1.165) is 13.0 Å². The van der Waals surface area contributed by atoms with E-state index in [1.165, 1.54) is 6.07 Å². The van der Waals surface area contributed by atoms with Gasteiger partial charge in [-0.3, -0.25) is 0 Å². The molecule has 0 amide bonds. The second-order valence-electron chi connectivity index (χ2n) is 4.22. The molecule has 94 valence electrons. The molecule has 3 atom stereocenters. The summed E-state index contributed by atoms with van der Waals surface area (Å²) in [7, 11) is 0. The zero-order valence-electron chi connectivity index (χ0n) is 9.22. The number of alkyl halides is 1. The Morgan fingerprint density at radius 1 is 1.53 bits per heavy atom. The molecule has 1 aliphatic heterocycles. The van der Waals surface area contributed by atoms with Crippen LogP contribution in [0.3, 0.4) is 0 Å². The van der Waals surface area contributed by atoms with Gasteiger partial charge >= 0.3 is 0 Å². The van der Waals surface area contributed by atoms with Crippen molar-refractivity contribution < 1.29 is 9.13 Å². The van der Waals surface area contributed by atoms with Crippen LogP contribution < -0.4 is 0 Å². The molecule has 3 unspecified atom stereocenters. The first-order valence-electron chi connectivity index (χ1n) is 5.41. The summed E-state index contributed by atoms with van der Waals surface area (Å²) in [6, 6.07) is 3.08. The van der Waals surface area contributed by atoms with Gasteiger partial charge in [0.05, 0.1) is 11.1 Å². The maximum Gasteiger partial charge on any atom is 0.128 e. The first kappa shape index (κ1) is 13.8. The third-order valence-electron chi connectivity index (χ3n) is 3.15. The third kappa shape index (κ3) is 2.86. The molecule has 0 bridgehead atoms. The molecule has 1 nitrogen and oxygen atoms in total. The molecule has 1 aromatic carbocycles. The van der Waals surface area contributed by atoms with E-state index in [1.54, 1.807) is 6.07 Å². The first-order chi connectivity index (χ1) is 8.00. The number of rotatable bonds is 2. The Morgan fingerprint density at radius 3 is 2.82 bits per heavy atom. The zero-order chi connectivity index (χ0) is 12.6. The molecule has 0 spiro atoms. The van der Waals surface area contributed by atoms with Gasteiger partial charge in [0.2, 0.25) is 0 Å². The molecule has 0 aliphatic carbocycles. The maximum absolute atomic E-state index is 13.9. The molecule has 0 aromatic heterocycles. The monoisotopic (exact) mass is 384 g/mol. The number of benzene rings is 1. The number of hydrogen-bond donors (Lipinski definition) is 0. The van der Waals surface area contributed by atoms with Crippen LogP contribution in [0.4, 0.5) is 4.39 Å². The standard InChI is InChI=1S/C12H12Br2ClFO/c1-6-7(2-3-17-6)12(14)8-4-10(15)9(13)5-11(8)16/h4-7,12H,2-3H2,1H3. The molecule has 2 rings (SSSR count). The maximum atomic E-state index is 13.9. The molecule has 1 saturated heterocycles. The van der Waals surface area contributed by atoms with Crippen molar-refractivity contribution >= 4 is 43.5 Å². The molecule has 17 heavy (non-hydrogen) atoms.